The number of piperazine rings is 1. The van der Waals surface area contributed by atoms with Crippen LogP contribution in [0.15, 0.2) is 48.5 Å². The molecule has 1 aromatic heterocycles. The van der Waals surface area contributed by atoms with E-state index in [-0.39, 0.29) is 5.82 Å². The Balaban J connectivity index is 1.75. The zero-order chi connectivity index (χ0) is 17.9. The van der Waals surface area contributed by atoms with Crippen LogP contribution in [-0.2, 0) is 4.79 Å². The molecule has 0 spiro atoms. The second-order valence-electron chi connectivity index (χ2n) is 6.35. The molecule has 1 fully saturated rings. The van der Waals surface area contributed by atoms with Crippen LogP contribution >= 0.6 is 0 Å². The lowest BCUT2D eigenvalue weighted by Crippen LogP contribution is -2.47. The molecule has 0 saturated carbocycles. The van der Waals surface area contributed by atoms with Crippen molar-refractivity contribution in [1.29, 1.82) is 0 Å². The molecule has 2 aromatic carbocycles. The number of aldehydes is 1. The number of rotatable bonds is 4. The summed E-state index contributed by atoms with van der Waals surface area (Å²) < 4.78 is 13.6. The molecule has 0 N–H and O–H groups in total. The fraction of sp³-hybridized carbons (Fsp3) is 0.250. The fourth-order valence-corrected chi connectivity index (χ4v) is 3.31. The number of carbonyl (C=O) groups excluding carboxylic acids is 1. The number of benzene rings is 2. The lowest BCUT2D eigenvalue weighted by atomic mass is 10.1. The van der Waals surface area contributed by atoms with Crippen molar-refractivity contribution in [2.45, 2.75) is 0 Å². The third-order valence-electron chi connectivity index (χ3n) is 4.67. The van der Waals surface area contributed by atoms with Crippen LogP contribution in [0.4, 0.5) is 10.2 Å². The van der Waals surface area contributed by atoms with Crippen LogP contribution in [-0.4, -0.2) is 53.9 Å². The number of hydrogen-bond donors (Lipinski definition) is 0. The maximum atomic E-state index is 13.6. The van der Waals surface area contributed by atoms with Gasteiger partial charge in [0.05, 0.1) is 12.1 Å². The number of fused-ring (bicyclic) bond motifs is 1. The Kier molecular flexibility index (Phi) is 4.58. The molecular weight excluding hydrogens is 331 g/mol. The first kappa shape index (κ1) is 16.6. The molecule has 0 unspecified atom stereocenters. The third kappa shape index (κ3) is 3.28. The minimum Gasteiger partial charge on any atom is -0.353 e. The van der Waals surface area contributed by atoms with Crippen molar-refractivity contribution in [3.63, 3.8) is 0 Å². The summed E-state index contributed by atoms with van der Waals surface area (Å²) in [5, 5.41) is 0.983. The fourth-order valence-electron chi connectivity index (χ4n) is 3.31. The van der Waals surface area contributed by atoms with Gasteiger partial charge in [-0.15, -0.1) is 0 Å². The molecule has 2 heterocycles. The highest BCUT2D eigenvalue weighted by Crippen LogP contribution is 2.28. The quantitative estimate of drug-likeness (QED) is 0.677. The molecule has 0 radical (unpaired) electrons. The summed E-state index contributed by atoms with van der Waals surface area (Å²) in [5.74, 6) is 1.08. The summed E-state index contributed by atoms with van der Waals surface area (Å²) in [6.07, 6.45) is 0.942. The molecule has 1 aliphatic heterocycles. The molecule has 1 aliphatic rings. The molecule has 6 heteroatoms. The Morgan fingerprint density at radius 1 is 1.00 bits per heavy atom. The number of aromatic nitrogens is 2. The van der Waals surface area contributed by atoms with Gasteiger partial charge < -0.3 is 9.69 Å². The van der Waals surface area contributed by atoms with Gasteiger partial charge in [0.25, 0.3) is 0 Å². The van der Waals surface area contributed by atoms with E-state index >= 15 is 0 Å². The van der Waals surface area contributed by atoms with Gasteiger partial charge in [0, 0.05) is 37.1 Å². The largest absolute Gasteiger partial charge is 0.353 e. The molecule has 132 valence electrons. The summed E-state index contributed by atoms with van der Waals surface area (Å²) in [7, 11) is 0. The molecule has 1 saturated heterocycles. The van der Waals surface area contributed by atoms with Crippen molar-refractivity contribution in [2.24, 2.45) is 0 Å². The first-order valence-electron chi connectivity index (χ1n) is 8.68. The number of carbonyl (C=O) groups is 1. The standard InChI is InChI=1S/C20H19FN4O/c21-16-5-3-4-15(14-16)19-22-18-7-2-1-6-17(18)20(23-19)25-10-8-24(9-11-25)12-13-26/h1-7,13-14H,8-12H2. The van der Waals surface area contributed by atoms with Crippen molar-refractivity contribution < 1.29 is 9.18 Å². The number of nitrogens with zero attached hydrogens (tertiary/aromatic N) is 4. The molecule has 0 aliphatic carbocycles. The third-order valence-corrected chi connectivity index (χ3v) is 4.67. The number of halogens is 1. The van der Waals surface area contributed by atoms with Gasteiger partial charge in [-0.25, -0.2) is 14.4 Å². The lowest BCUT2D eigenvalue weighted by molar-refractivity contribution is -0.108. The van der Waals surface area contributed by atoms with Gasteiger partial charge in [-0.2, -0.15) is 0 Å². The summed E-state index contributed by atoms with van der Waals surface area (Å²) in [4.78, 5) is 24.5. The van der Waals surface area contributed by atoms with Crippen molar-refractivity contribution in [2.75, 3.05) is 37.6 Å². The van der Waals surface area contributed by atoms with E-state index in [1.165, 1.54) is 12.1 Å². The monoisotopic (exact) mass is 350 g/mol. The highest BCUT2D eigenvalue weighted by molar-refractivity contribution is 5.91. The topological polar surface area (TPSA) is 49.3 Å². The van der Waals surface area contributed by atoms with Gasteiger partial charge in [-0.05, 0) is 24.3 Å². The Morgan fingerprint density at radius 3 is 2.58 bits per heavy atom. The number of hydrogen-bond acceptors (Lipinski definition) is 5. The van der Waals surface area contributed by atoms with Crippen LogP contribution in [0.2, 0.25) is 0 Å². The average Bonchev–Trinajstić information content (AvgIpc) is 2.68. The van der Waals surface area contributed by atoms with Crippen LogP contribution in [0.25, 0.3) is 22.3 Å². The maximum Gasteiger partial charge on any atom is 0.162 e. The SMILES string of the molecule is O=CCN1CCN(c2nc(-c3cccc(F)c3)nc3ccccc23)CC1. The summed E-state index contributed by atoms with van der Waals surface area (Å²) in [6.45, 7) is 3.67. The zero-order valence-electron chi connectivity index (χ0n) is 14.3. The van der Waals surface area contributed by atoms with Crippen LogP contribution in [0.5, 0.6) is 0 Å². The lowest BCUT2D eigenvalue weighted by Gasteiger charge is -2.35. The number of anilines is 1. The predicted octanol–water partition coefficient (Wildman–Crippen LogP) is 2.76. The van der Waals surface area contributed by atoms with Crippen molar-refractivity contribution >= 4 is 23.0 Å². The van der Waals surface area contributed by atoms with Crippen molar-refractivity contribution in [3.05, 3.63) is 54.3 Å². The van der Waals surface area contributed by atoms with Gasteiger partial charge in [0.1, 0.15) is 17.9 Å². The van der Waals surface area contributed by atoms with Gasteiger partial charge in [0.2, 0.25) is 0 Å². The van der Waals surface area contributed by atoms with Crippen molar-refractivity contribution in [3.8, 4) is 11.4 Å². The Morgan fingerprint density at radius 2 is 1.81 bits per heavy atom. The van der Waals surface area contributed by atoms with Crippen LogP contribution < -0.4 is 4.90 Å². The maximum absolute atomic E-state index is 13.6. The van der Waals surface area contributed by atoms with Gasteiger partial charge in [0.15, 0.2) is 5.82 Å². The van der Waals surface area contributed by atoms with Crippen LogP contribution in [0, 0.1) is 5.82 Å². The first-order valence-corrected chi connectivity index (χ1v) is 8.68. The van der Waals surface area contributed by atoms with E-state index in [1.807, 2.05) is 30.3 Å². The van der Waals surface area contributed by atoms with E-state index in [9.17, 15) is 9.18 Å². The highest BCUT2D eigenvalue weighted by Gasteiger charge is 2.21. The molecule has 3 aromatic rings. The minimum absolute atomic E-state index is 0.303. The van der Waals surface area contributed by atoms with E-state index in [4.69, 9.17) is 4.98 Å². The average molecular weight is 350 g/mol. The highest BCUT2D eigenvalue weighted by atomic mass is 19.1. The molecule has 26 heavy (non-hydrogen) atoms. The van der Waals surface area contributed by atoms with E-state index in [0.29, 0.717) is 17.9 Å². The Bertz CT molecular complexity index is 938. The summed E-state index contributed by atoms with van der Waals surface area (Å²) >= 11 is 0. The summed E-state index contributed by atoms with van der Waals surface area (Å²) in [5.41, 5.74) is 1.50. The van der Waals surface area contributed by atoms with Crippen LogP contribution in [0.3, 0.4) is 0 Å². The van der Waals surface area contributed by atoms with Crippen molar-refractivity contribution in [1.82, 2.24) is 14.9 Å². The predicted molar refractivity (Wildman–Crippen MR) is 99.6 cm³/mol. The molecule has 0 atom stereocenters. The first-order chi connectivity index (χ1) is 12.7. The second-order valence-corrected chi connectivity index (χ2v) is 6.35. The minimum atomic E-state index is -0.303. The van der Waals surface area contributed by atoms with E-state index in [2.05, 4.69) is 14.8 Å². The van der Waals surface area contributed by atoms with E-state index < -0.39 is 0 Å². The van der Waals surface area contributed by atoms with Gasteiger partial charge in [-0.3, -0.25) is 4.90 Å². The van der Waals surface area contributed by atoms with E-state index in [0.717, 1.165) is 49.2 Å². The molecule has 5 nitrogen and oxygen atoms in total. The Hall–Kier alpha value is -2.86. The number of para-hydroxylation sites is 1. The second kappa shape index (κ2) is 7.17. The van der Waals surface area contributed by atoms with Gasteiger partial charge in [-0.1, -0.05) is 24.3 Å². The summed E-state index contributed by atoms with van der Waals surface area (Å²) in [6, 6.07) is 14.2. The molecule has 4 rings (SSSR count). The molecular formula is C20H19FN4O. The zero-order valence-corrected chi connectivity index (χ0v) is 14.3. The van der Waals surface area contributed by atoms with Gasteiger partial charge >= 0.3 is 0 Å². The molecule has 0 bridgehead atoms. The smallest absolute Gasteiger partial charge is 0.162 e. The normalized spacial score (nSPS) is 15.3. The van der Waals surface area contributed by atoms with Crippen LogP contribution in [0.1, 0.15) is 0 Å². The Labute approximate surface area is 151 Å². The molecule has 0 amide bonds. The van der Waals surface area contributed by atoms with E-state index in [1.54, 1.807) is 6.07 Å².